The number of anilines is 2. The summed E-state index contributed by atoms with van der Waals surface area (Å²) < 4.78 is 15.6. The first kappa shape index (κ1) is 29.5. The molecule has 12 heteroatoms. The number of piperidine rings is 1. The number of rotatable bonds is 12. The van der Waals surface area contributed by atoms with Gasteiger partial charge < -0.3 is 4.90 Å². The number of amides is 2. The third-order valence-electron chi connectivity index (χ3n) is 8.47. The van der Waals surface area contributed by atoms with Crippen LogP contribution in [-0.2, 0) is 21.0 Å². The van der Waals surface area contributed by atoms with Gasteiger partial charge in [-0.1, -0.05) is 62.4 Å². The van der Waals surface area contributed by atoms with E-state index in [-0.39, 0.29) is 36.0 Å². The SMILES string of the molecule is O=CN(C[C@H](CC1CCCC1)C(=O)NNc1nc(Cl)nc(N2CCN3CCCCC3C2)c1F)OCc1ccccc1. The van der Waals surface area contributed by atoms with E-state index in [1.54, 1.807) is 0 Å². The molecule has 1 saturated carbocycles. The maximum absolute atomic E-state index is 15.6. The molecule has 1 unspecified atom stereocenters. The Morgan fingerprint density at radius 2 is 1.90 bits per heavy atom. The molecule has 2 amide bonds. The summed E-state index contributed by atoms with van der Waals surface area (Å²) in [5, 5.41) is 1.06. The fraction of sp³-hybridized carbons (Fsp3) is 0.586. The summed E-state index contributed by atoms with van der Waals surface area (Å²) in [5.41, 5.74) is 6.18. The number of carbonyl (C=O) groups is 2. The molecule has 222 valence electrons. The molecule has 2 N–H and O–H groups in total. The molecule has 0 radical (unpaired) electrons. The Bertz CT molecular complexity index is 1170. The van der Waals surface area contributed by atoms with Gasteiger partial charge in [-0.3, -0.25) is 30.2 Å². The predicted molar refractivity (Wildman–Crippen MR) is 154 cm³/mol. The Kier molecular flexibility index (Phi) is 10.2. The smallest absolute Gasteiger partial charge is 0.243 e. The van der Waals surface area contributed by atoms with Crippen molar-refractivity contribution in [3.8, 4) is 0 Å². The average Bonchev–Trinajstić information content (AvgIpc) is 3.52. The minimum atomic E-state index is -0.660. The summed E-state index contributed by atoms with van der Waals surface area (Å²) in [6.07, 6.45) is 8.96. The number of nitrogens with one attached hydrogen (secondary N) is 2. The van der Waals surface area contributed by atoms with Gasteiger partial charge in [-0.25, -0.2) is 5.06 Å². The molecule has 1 aliphatic carbocycles. The zero-order valence-corrected chi connectivity index (χ0v) is 24.1. The number of hydrogen-bond acceptors (Lipinski definition) is 8. The van der Waals surface area contributed by atoms with Crippen molar-refractivity contribution in [2.45, 2.75) is 64.0 Å². The summed E-state index contributed by atoms with van der Waals surface area (Å²) in [4.78, 5) is 43.5. The number of hydrogen-bond donors (Lipinski definition) is 2. The molecule has 2 saturated heterocycles. The Labute approximate surface area is 245 Å². The fourth-order valence-electron chi connectivity index (χ4n) is 6.26. The molecule has 41 heavy (non-hydrogen) atoms. The Morgan fingerprint density at radius 1 is 1.12 bits per heavy atom. The number of carbonyl (C=O) groups excluding carboxylic acids is 2. The zero-order chi connectivity index (χ0) is 28.6. The quantitative estimate of drug-likeness (QED) is 0.217. The van der Waals surface area contributed by atoms with Crippen LogP contribution in [0.3, 0.4) is 0 Å². The van der Waals surface area contributed by atoms with E-state index in [0.29, 0.717) is 37.9 Å². The standard InChI is InChI=1S/C29H39ClFN7O3/c30-29-32-26(25(31)27(33-29)37-15-14-36-13-7-6-12-24(36)18-37)34-35-28(40)23(16-21-8-4-5-9-21)17-38(20-39)41-19-22-10-2-1-3-11-22/h1-3,10-11,20-21,23-24H,4-9,12-19H2,(H,35,40)(H,32,33,34)/t23-,24?/m0/s1. The van der Waals surface area contributed by atoms with Crippen molar-refractivity contribution in [2.24, 2.45) is 11.8 Å². The van der Waals surface area contributed by atoms with Gasteiger partial charge in [-0.05, 0) is 48.9 Å². The van der Waals surface area contributed by atoms with Crippen LogP contribution in [-0.4, -0.2) is 71.0 Å². The number of hydrazine groups is 1. The molecule has 0 bridgehead atoms. The van der Waals surface area contributed by atoms with E-state index in [4.69, 9.17) is 16.4 Å². The monoisotopic (exact) mass is 587 g/mol. The van der Waals surface area contributed by atoms with Crippen LogP contribution in [0.1, 0.15) is 56.9 Å². The van der Waals surface area contributed by atoms with E-state index in [1.807, 2.05) is 35.2 Å². The van der Waals surface area contributed by atoms with Crippen LogP contribution < -0.4 is 15.8 Å². The number of nitrogens with zero attached hydrogens (tertiary/aromatic N) is 5. The second-order valence-corrected chi connectivity index (χ2v) is 11.6. The van der Waals surface area contributed by atoms with Crippen LogP contribution in [0.25, 0.3) is 0 Å². The van der Waals surface area contributed by atoms with Gasteiger partial charge in [0.05, 0.1) is 12.5 Å². The van der Waals surface area contributed by atoms with Crippen molar-refractivity contribution in [1.29, 1.82) is 0 Å². The van der Waals surface area contributed by atoms with Crippen molar-refractivity contribution >= 4 is 35.6 Å². The van der Waals surface area contributed by atoms with E-state index in [1.165, 1.54) is 12.8 Å². The topological polar surface area (TPSA) is 103 Å². The number of fused-ring (bicyclic) bond motifs is 1. The number of benzene rings is 1. The second kappa shape index (κ2) is 14.2. The molecule has 3 heterocycles. The van der Waals surface area contributed by atoms with E-state index >= 15 is 4.39 Å². The van der Waals surface area contributed by atoms with E-state index in [2.05, 4.69) is 25.7 Å². The summed E-state index contributed by atoms with van der Waals surface area (Å²) in [5.74, 6) is -1.28. The van der Waals surface area contributed by atoms with Gasteiger partial charge in [0.25, 0.3) is 0 Å². The molecule has 2 aromatic rings. The first-order chi connectivity index (χ1) is 20.0. The number of aromatic nitrogens is 2. The van der Waals surface area contributed by atoms with Crippen LogP contribution >= 0.6 is 11.6 Å². The Balaban J connectivity index is 1.24. The lowest BCUT2D eigenvalue weighted by Gasteiger charge is -2.44. The van der Waals surface area contributed by atoms with Crippen LogP contribution in [0, 0.1) is 17.7 Å². The largest absolute Gasteiger partial charge is 0.351 e. The van der Waals surface area contributed by atoms with E-state index in [9.17, 15) is 9.59 Å². The maximum Gasteiger partial charge on any atom is 0.243 e. The molecule has 3 fully saturated rings. The Hall–Kier alpha value is -3.02. The van der Waals surface area contributed by atoms with Crippen LogP contribution in [0.2, 0.25) is 5.28 Å². The van der Waals surface area contributed by atoms with Crippen molar-refractivity contribution in [3.05, 3.63) is 47.0 Å². The molecule has 3 aliphatic rings. The lowest BCUT2D eigenvalue weighted by molar-refractivity contribution is -0.182. The number of halogens is 2. The van der Waals surface area contributed by atoms with Gasteiger partial charge in [0.15, 0.2) is 11.6 Å². The maximum atomic E-state index is 15.6. The van der Waals surface area contributed by atoms with Crippen molar-refractivity contribution in [2.75, 3.05) is 43.0 Å². The van der Waals surface area contributed by atoms with Gasteiger partial charge in [-0.2, -0.15) is 14.4 Å². The van der Waals surface area contributed by atoms with Crippen LogP contribution in [0.5, 0.6) is 0 Å². The van der Waals surface area contributed by atoms with Gasteiger partial charge in [0.2, 0.25) is 23.4 Å². The molecule has 0 spiro atoms. The molecular weight excluding hydrogens is 549 g/mol. The summed E-state index contributed by atoms with van der Waals surface area (Å²) in [6, 6.07) is 9.87. The highest BCUT2D eigenvalue weighted by atomic mass is 35.5. The molecule has 10 nitrogen and oxygen atoms in total. The normalized spacial score (nSPS) is 20.3. The van der Waals surface area contributed by atoms with Crippen LogP contribution in [0.4, 0.5) is 16.0 Å². The molecule has 1 aromatic heterocycles. The van der Waals surface area contributed by atoms with E-state index < -0.39 is 11.7 Å². The molecular formula is C29H39ClFN7O3. The lowest BCUT2D eigenvalue weighted by atomic mass is 9.92. The minimum Gasteiger partial charge on any atom is -0.351 e. The second-order valence-electron chi connectivity index (χ2n) is 11.3. The summed E-state index contributed by atoms with van der Waals surface area (Å²) in [7, 11) is 0. The van der Waals surface area contributed by atoms with Gasteiger partial charge >= 0.3 is 0 Å². The summed E-state index contributed by atoms with van der Waals surface area (Å²) in [6.45, 7) is 3.51. The number of piperazine rings is 1. The predicted octanol–water partition coefficient (Wildman–Crippen LogP) is 4.17. The highest BCUT2D eigenvalue weighted by molar-refractivity contribution is 6.28. The van der Waals surface area contributed by atoms with Crippen molar-refractivity contribution in [3.63, 3.8) is 0 Å². The van der Waals surface area contributed by atoms with Crippen LogP contribution in [0.15, 0.2) is 30.3 Å². The van der Waals surface area contributed by atoms with Gasteiger partial charge in [-0.15, -0.1) is 0 Å². The highest BCUT2D eigenvalue weighted by Gasteiger charge is 2.32. The minimum absolute atomic E-state index is 0.0737. The van der Waals surface area contributed by atoms with Gasteiger partial charge in [0, 0.05) is 25.7 Å². The van der Waals surface area contributed by atoms with Crippen molar-refractivity contribution in [1.82, 2.24) is 25.4 Å². The average molecular weight is 588 g/mol. The molecule has 5 rings (SSSR count). The Morgan fingerprint density at radius 3 is 2.68 bits per heavy atom. The van der Waals surface area contributed by atoms with E-state index in [0.717, 1.165) is 55.8 Å². The third-order valence-corrected chi connectivity index (χ3v) is 8.64. The molecule has 1 aromatic carbocycles. The summed E-state index contributed by atoms with van der Waals surface area (Å²) >= 11 is 6.20. The van der Waals surface area contributed by atoms with Gasteiger partial charge in [0.1, 0.15) is 6.61 Å². The highest BCUT2D eigenvalue weighted by Crippen LogP contribution is 2.31. The third kappa shape index (κ3) is 7.84. The lowest BCUT2D eigenvalue weighted by Crippen LogP contribution is -2.55. The zero-order valence-electron chi connectivity index (χ0n) is 23.3. The number of hydroxylamine groups is 2. The fourth-order valence-corrected chi connectivity index (χ4v) is 6.42. The van der Waals surface area contributed by atoms with Crippen molar-refractivity contribution < 1.29 is 18.8 Å². The molecule has 2 aliphatic heterocycles. The molecule has 2 atom stereocenters. The first-order valence-electron chi connectivity index (χ1n) is 14.7. The first-order valence-corrected chi connectivity index (χ1v) is 15.0.